The van der Waals surface area contributed by atoms with Crippen molar-refractivity contribution in [3.05, 3.63) is 11.3 Å². The van der Waals surface area contributed by atoms with Gasteiger partial charge in [-0.05, 0) is 18.9 Å². The molecule has 0 aliphatic carbocycles. The van der Waals surface area contributed by atoms with E-state index in [-0.39, 0.29) is 0 Å². The fourth-order valence-corrected chi connectivity index (χ4v) is 1.26. The highest BCUT2D eigenvalue weighted by Crippen LogP contribution is 2.05. The minimum absolute atomic E-state index is 1.02. The number of nitrogens with zero attached hydrogens (tertiary/aromatic N) is 2. The number of hydrogen-bond acceptors (Lipinski definition) is 1. The Morgan fingerprint density at radius 1 is 1.42 bits per heavy atom. The second-order valence-corrected chi connectivity index (χ2v) is 2.98. The van der Waals surface area contributed by atoms with Crippen molar-refractivity contribution in [3.63, 3.8) is 0 Å². The number of aryl methyl sites for hydroxylation is 2. The van der Waals surface area contributed by atoms with E-state index in [0.717, 1.165) is 6.42 Å². The Bertz CT molecular complexity index is 241. The van der Waals surface area contributed by atoms with Gasteiger partial charge < -0.3 is 0 Å². The standard InChI is InChI=1S/C7H13N2P.C2H6/c1-4-6-5(2)7(10)9(3)8-6;1-2/h4,10H2,1-3H3;1-2H3. The fraction of sp³-hybridized carbons (Fsp3) is 0.667. The fourth-order valence-electron chi connectivity index (χ4n) is 1.04. The van der Waals surface area contributed by atoms with Crippen molar-refractivity contribution < 1.29 is 0 Å². The molecule has 0 fully saturated rings. The Labute approximate surface area is 77.6 Å². The molecule has 0 aliphatic heterocycles. The zero-order valence-corrected chi connectivity index (χ0v) is 9.83. The third kappa shape index (κ3) is 2.31. The van der Waals surface area contributed by atoms with E-state index in [9.17, 15) is 0 Å². The van der Waals surface area contributed by atoms with Gasteiger partial charge in [0.25, 0.3) is 0 Å². The van der Waals surface area contributed by atoms with Crippen LogP contribution in [0.15, 0.2) is 0 Å². The van der Waals surface area contributed by atoms with Crippen molar-refractivity contribution in [1.82, 2.24) is 9.78 Å². The maximum atomic E-state index is 4.32. The van der Waals surface area contributed by atoms with Gasteiger partial charge in [0.1, 0.15) is 0 Å². The highest BCUT2D eigenvalue weighted by molar-refractivity contribution is 7.27. The summed E-state index contributed by atoms with van der Waals surface area (Å²) in [5.74, 6) is 0. The molecule has 0 aromatic carbocycles. The van der Waals surface area contributed by atoms with Crippen LogP contribution in [-0.2, 0) is 13.5 Å². The molecule has 70 valence electrons. The lowest BCUT2D eigenvalue weighted by Crippen LogP contribution is -2.06. The van der Waals surface area contributed by atoms with Crippen LogP contribution >= 0.6 is 9.24 Å². The molecule has 1 rings (SSSR count). The highest BCUT2D eigenvalue weighted by Gasteiger charge is 2.04. The van der Waals surface area contributed by atoms with Gasteiger partial charge in [0, 0.05) is 7.05 Å². The number of hydrogen-bond donors (Lipinski definition) is 0. The Hall–Kier alpha value is -0.360. The molecule has 1 atom stereocenters. The van der Waals surface area contributed by atoms with E-state index in [0.29, 0.717) is 0 Å². The topological polar surface area (TPSA) is 17.8 Å². The van der Waals surface area contributed by atoms with Gasteiger partial charge in [0.05, 0.1) is 11.1 Å². The van der Waals surface area contributed by atoms with E-state index in [1.807, 2.05) is 25.6 Å². The van der Waals surface area contributed by atoms with Gasteiger partial charge in [0.15, 0.2) is 0 Å². The molecule has 0 radical (unpaired) electrons. The quantitative estimate of drug-likeness (QED) is 0.612. The van der Waals surface area contributed by atoms with Crippen LogP contribution in [0.5, 0.6) is 0 Å². The summed E-state index contributed by atoms with van der Waals surface area (Å²) in [7, 11) is 4.66. The molecule has 1 heterocycles. The summed E-state index contributed by atoms with van der Waals surface area (Å²) in [6, 6.07) is 0. The molecule has 2 nitrogen and oxygen atoms in total. The Kier molecular flexibility index (Phi) is 5.16. The van der Waals surface area contributed by atoms with E-state index in [1.165, 1.54) is 16.7 Å². The van der Waals surface area contributed by atoms with E-state index in [4.69, 9.17) is 0 Å². The van der Waals surface area contributed by atoms with Crippen molar-refractivity contribution in [1.29, 1.82) is 0 Å². The second-order valence-electron chi connectivity index (χ2n) is 2.43. The molecule has 1 aromatic rings. The van der Waals surface area contributed by atoms with Crippen LogP contribution < -0.4 is 5.44 Å². The molecule has 0 saturated carbocycles. The van der Waals surface area contributed by atoms with E-state index in [1.54, 1.807) is 0 Å². The SMILES string of the molecule is CC.CCc1nn(C)c(P)c1C. The lowest BCUT2D eigenvalue weighted by Gasteiger charge is -1.91. The summed E-state index contributed by atoms with van der Waals surface area (Å²) < 4.78 is 1.90. The summed E-state index contributed by atoms with van der Waals surface area (Å²) in [4.78, 5) is 0. The van der Waals surface area contributed by atoms with Crippen LogP contribution in [0.2, 0.25) is 0 Å². The summed E-state index contributed by atoms with van der Waals surface area (Å²) in [5, 5.41) is 4.32. The van der Waals surface area contributed by atoms with Crippen molar-refractivity contribution in [3.8, 4) is 0 Å². The first-order valence-electron chi connectivity index (χ1n) is 4.44. The van der Waals surface area contributed by atoms with Gasteiger partial charge in [-0.25, -0.2) is 0 Å². The Morgan fingerprint density at radius 2 is 1.92 bits per heavy atom. The maximum absolute atomic E-state index is 4.32. The minimum atomic E-state index is 1.02. The first kappa shape index (κ1) is 11.6. The van der Waals surface area contributed by atoms with Crippen LogP contribution in [0.1, 0.15) is 32.0 Å². The molecule has 0 aliphatic rings. The predicted octanol–water partition coefficient (Wildman–Crippen LogP) is 1.82. The summed E-state index contributed by atoms with van der Waals surface area (Å²) in [6.45, 7) is 8.23. The summed E-state index contributed by atoms with van der Waals surface area (Å²) in [6.07, 6.45) is 1.02. The van der Waals surface area contributed by atoms with Crippen molar-refractivity contribution in [2.75, 3.05) is 0 Å². The molecule has 1 aromatic heterocycles. The van der Waals surface area contributed by atoms with Crippen molar-refractivity contribution in [2.24, 2.45) is 7.05 Å². The molecular formula is C9H19N2P. The van der Waals surface area contributed by atoms with Gasteiger partial charge in [-0.1, -0.05) is 30.0 Å². The largest absolute Gasteiger partial charge is 0.268 e. The molecule has 0 N–H and O–H groups in total. The molecule has 0 amide bonds. The van der Waals surface area contributed by atoms with E-state index < -0.39 is 0 Å². The third-order valence-electron chi connectivity index (χ3n) is 1.77. The van der Waals surface area contributed by atoms with Crippen LogP contribution in [0.4, 0.5) is 0 Å². The normalized spacial score (nSPS) is 9.17. The lowest BCUT2D eigenvalue weighted by atomic mass is 10.2. The third-order valence-corrected chi connectivity index (χ3v) is 2.58. The first-order chi connectivity index (χ1) is 5.66. The molecule has 0 bridgehead atoms. The van der Waals surface area contributed by atoms with Gasteiger partial charge in [-0.3, -0.25) is 4.68 Å². The van der Waals surface area contributed by atoms with Crippen molar-refractivity contribution >= 4 is 14.7 Å². The smallest absolute Gasteiger partial charge is 0.0657 e. The van der Waals surface area contributed by atoms with Gasteiger partial charge in [-0.2, -0.15) is 5.10 Å². The van der Waals surface area contributed by atoms with Crippen molar-refractivity contribution in [2.45, 2.75) is 34.1 Å². The summed E-state index contributed by atoms with van der Waals surface area (Å²) >= 11 is 0. The van der Waals surface area contributed by atoms with Gasteiger partial charge >= 0.3 is 0 Å². The average molecular weight is 186 g/mol. The minimum Gasteiger partial charge on any atom is -0.268 e. The lowest BCUT2D eigenvalue weighted by molar-refractivity contribution is 0.765. The summed E-state index contributed by atoms with van der Waals surface area (Å²) in [5.41, 5.74) is 3.69. The number of rotatable bonds is 1. The zero-order chi connectivity index (χ0) is 9.72. The monoisotopic (exact) mass is 186 g/mol. The Balaban J connectivity index is 0.000000561. The van der Waals surface area contributed by atoms with E-state index in [2.05, 4.69) is 28.2 Å². The zero-order valence-electron chi connectivity index (χ0n) is 8.68. The van der Waals surface area contributed by atoms with Gasteiger partial charge in [0.2, 0.25) is 0 Å². The molecule has 1 unspecified atom stereocenters. The maximum Gasteiger partial charge on any atom is 0.0657 e. The predicted molar refractivity (Wildman–Crippen MR) is 58.0 cm³/mol. The molecule has 0 spiro atoms. The van der Waals surface area contributed by atoms with Gasteiger partial charge in [-0.15, -0.1) is 0 Å². The molecular weight excluding hydrogens is 167 g/mol. The van der Waals surface area contributed by atoms with Crippen LogP contribution in [0, 0.1) is 6.92 Å². The Morgan fingerprint density at radius 3 is 2.08 bits per heavy atom. The van der Waals surface area contributed by atoms with Crippen LogP contribution in [0.25, 0.3) is 0 Å². The average Bonchev–Trinajstić information content (AvgIpc) is 2.36. The van der Waals surface area contributed by atoms with Crippen LogP contribution in [-0.4, -0.2) is 9.78 Å². The second kappa shape index (κ2) is 5.31. The molecule has 12 heavy (non-hydrogen) atoms. The molecule has 3 heteroatoms. The number of aromatic nitrogens is 2. The first-order valence-corrected chi connectivity index (χ1v) is 5.02. The molecule has 0 saturated heterocycles. The highest BCUT2D eigenvalue weighted by atomic mass is 31.0. The van der Waals surface area contributed by atoms with Crippen LogP contribution in [0.3, 0.4) is 0 Å². The van der Waals surface area contributed by atoms with E-state index >= 15 is 0 Å².